The Labute approximate surface area is 184 Å². The third kappa shape index (κ3) is 4.91. The zero-order valence-corrected chi connectivity index (χ0v) is 19.4. The highest BCUT2D eigenvalue weighted by Gasteiger charge is 2.34. The SMILES string of the molecule is COc1ccc(CC(C)(Cc2ccc(OC)c(OC)c2OC)C(N)N)c(OC)c1OC. The van der Waals surface area contributed by atoms with Gasteiger partial charge in [-0.3, -0.25) is 0 Å². The van der Waals surface area contributed by atoms with E-state index in [2.05, 4.69) is 0 Å². The number of benzene rings is 2. The van der Waals surface area contributed by atoms with Crippen LogP contribution in [0.5, 0.6) is 34.5 Å². The Kier molecular flexibility index (Phi) is 8.24. The normalized spacial score (nSPS) is 11.3. The summed E-state index contributed by atoms with van der Waals surface area (Å²) in [6.07, 6.45) is 0.445. The van der Waals surface area contributed by atoms with Crippen molar-refractivity contribution in [3.05, 3.63) is 35.4 Å². The molecule has 8 heteroatoms. The van der Waals surface area contributed by atoms with Gasteiger partial charge in [0.2, 0.25) is 11.5 Å². The Balaban J connectivity index is 2.52. The summed E-state index contributed by atoms with van der Waals surface area (Å²) in [7, 11) is 9.51. The first-order valence-electron chi connectivity index (χ1n) is 9.87. The minimum absolute atomic E-state index is 0.527. The second-order valence-electron chi connectivity index (χ2n) is 7.52. The van der Waals surface area contributed by atoms with Gasteiger partial charge in [-0.1, -0.05) is 19.1 Å². The van der Waals surface area contributed by atoms with Crippen LogP contribution in [0.15, 0.2) is 24.3 Å². The summed E-state index contributed by atoms with van der Waals surface area (Å²) in [5.74, 6) is 3.41. The van der Waals surface area contributed by atoms with Crippen LogP contribution in [0.2, 0.25) is 0 Å². The number of nitrogens with two attached hydrogens (primary N) is 2. The first kappa shape index (κ1) is 24.4. The molecule has 0 aliphatic heterocycles. The van der Waals surface area contributed by atoms with Crippen molar-refractivity contribution in [2.75, 3.05) is 42.7 Å². The van der Waals surface area contributed by atoms with Gasteiger partial charge in [-0.25, -0.2) is 0 Å². The monoisotopic (exact) mass is 434 g/mol. The van der Waals surface area contributed by atoms with E-state index in [-0.39, 0.29) is 0 Å². The molecule has 0 heterocycles. The van der Waals surface area contributed by atoms with Crippen LogP contribution in [-0.2, 0) is 12.8 Å². The van der Waals surface area contributed by atoms with Crippen molar-refractivity contribution < 1.29 is 28.4 Å². The quantitative estimate of drug-likeness (QED) is 0.520. The van der Waals surface area contributed by atoms with Gasteiger partial charge >= 0.3 is 0 Å². The van der Waals surface area contributed by atoms with E-state index in [4.69, 9.17) is 39.9 Å². The van der Waals surface area contributed by atoms with Gasteiger partial charge in [-0.05, 0) is 36.1 Å². The van der Waals surface area contributed by atoms with Crippen molar-refractivity contribution >= 4 is 0 Å². The number of hydrogen-bond donors (Lipinski definition) is 2. The van der Waals surface area contributed by atoms with Gasteiger partial charge < -0.3 is 39.9 Å². The molecule has 0 aliphatic carbocycles. The fourth-order valence-electron chi connectivity index (χ4n) is 3.77. The van der Waals surface area contributed by atoms with Crippen LogP contribution in [0.3, 0.4) is 0 Å². The summed E-state index contributed by atoms with van der Waals surface area (Å²) < 4.78 is 33.1. The fourth-order valence-corrected chi connectivity index (χ4v) is 3.77. The number of hydrogen-bond acceptors (Lipinski definition) is 8. The Bertz CT molecular complexity index is 819. The smallest absolute Gasteiger partial charge is 0.203 e. The number of methoxy groups -OCH3 is 6. The van der Waals surface area contributed by atoms with E-state index in [0.717, 1.165) is 11.1 Å². The molecule has 31 heavy (non-hydrogen) atoms. The lowest BCUT2D eigenvalue weighted by Crippen LogP contribution is -2.49. The molecule has 0 aliphatic rings. The highest BCUT2D eigenvalue weighted by atomic mass is 16.5. The topological polar surface area (TPSA) is 107 Å². The van der Waals surface area contributed by atoms with Crippen LogP contribution in [0.4, 0.5) is 0 Å². The van der Waals surface area contributed by atoms with Crippen molar-refractivity contribution in [1.29, 1.82) is 0 Å². The minimum atomic E-state index is -0.622. The highest BCUT2D eigenvalue weighted by Crippen LogP contribution is 2.45. The van der Waals surface area contributed by atoms with E-state index in [1.807, 2.05) is 31.2 Å². The molecule has 0 spiro atoms. The Hall–Kier alpha value is -2.84. The molecule has 2 aromatic rings. The van der Waals surface area contributed by atoms with Crippen molar-refractivity contribution in [2.45, 2.75) is 25.9 Å². The molecule has 2 rings (SSSR count). The average Bonchev–Trinajstić information content (AvgIpc) is 2.77. The van der Waals surface area contributed by atoms with E-state index in [1.54, 1.807) is 42.7 Å². The van der Waals surface area contributed by atoms with Crippen molar-refractivity contribution in [1.82, 2.24) is 0 Å². The average molecular weight is 435 g/mol. The molecule has 0 aromatic heterocycles. The first-order valence-corrected chi connectivity index (χ1v) is 9.87. The molecule has 0 bridgehead atoms. The van der Waals surface area contributed by atoms with E-state index in [1.165, 1.54) is 0 Å². The lowest BCUT2D eigenvalue weighted by atomic mass is 9.75. The third-order valence-electron chi connectivity index (χ3n) is 5.56. The lowest BCUT2D eigenvalue weighted by molar-refractivity contribution is 0.242. The second kappa shape index (κ2) is 10.5. The summed E-state index contributed by atoms with van der Waals surface area (Å²) in [6, 6.07) is 7.56. The predicted octanol–water partition coefficient (Wildman–Crippen LogP) is 2.77. The van der Waals surface area contributed by atoms with Crippen LogP contribution in [0, 0.1) is 5.41 Å². The minimum Gasteiger partial charge on any atom is -0.493 e. The molecule has 0 unspecified atom stereocenters. The second-order valence-corrected chi connectivity index (χ2v) is 7.52. The molecule has 0 fully saturated rings. The summed E-state index contributed by atoms with van der Waals surface area (Å²) in [5.41, 5.74) is 13.8. The van der Waals surface area contributed by atoms with Crippen molar-refractivity contribution in [2.24, 2.45) is 16.9 Å². The van der Waals surface area contributed by atoms with Gasteiger partial charge in [0, 0.05) is 5.41 Å². The molecular weight excluding hydrogens is 400 g/mol. The van der Waals surface area contributed by atoms with E-state index in [0.29, 0.717) is 47.3 Å². The maximum Gasteiger partial charge on any atom is 0.203 e. The van der Waals surface area contributed by atoms with Crippen LogP contribution < -0.4 is 39.9 Å². The summed E-state index contributed by atoms with van der Waals surface area (Å²) >= 11 is 0. The van der Waals surface area contributed by atoms with Crippen LogP contribution in [0.1, 0.15) is 18.1 Å². The number of ether oxygens (including phenoxy) is 6. The maximum absolute atomic E-state index is 6.29. The maximum atomic E-state index is 6.29. The highest BCUT2D eigenvalue weighted by molar-refractivity contribution is 5.57. The number of rotatable bonds is 11. The van der Waals surface area contributed by atoms with Crippen LogP contribution in [-0.4, -0.2) is 48.8 Å². The molecule has 8 nitrogen and oxygen atoms in total. The molecule has 0 atom stereocenters. The molecular formula is C23H34N2O6. The van der Waals surface area contributed by atoms with E-state index >= 15 is 0 Å². The van der Waals surface area contributed by atoms with Crippen molar-refractivity contribution in [3.8, 4) is 34.5 Å². The molecule has 172 valence electrons. The zero-order valence-electron chi connectivity index (χ0n) is 19.4. The Morgan fingerprint density at radius 3 is 1.23 bits per heavy atom. The molecule has 0 radical (unpaired) electrons. The largest absolute Gasteiger partial charge is 0.493 e. The zero-order chi connectivity index (χ0) is 23.2. The first-order chi connectivity index (χ1) is 14.8. The van der Waals surface area contributed by atoms with Gasteiger partial charge in [-0.15, -0.1) is 0 Å². The van der Waals surface area contributed by atoms with Gasteiger partial charge in [0.1, 0.15) is 0 Å². The molecule has 0 saturated carbocycles. The van der Waals surface area contributed by atoms with E-state index in [9.17, 15) is 0 Å². The molecule has 4 N–H and O–H groups in total. The van der Waals surface area contributed by atoms with Gasteiger partial charge in [-0.2, -0.15) is 0 Å². The molecule has 0 saturated heterocycles. The lowest BCUT2D eigenvalue weighted by Gasteiger charge is -2.35. The van der Waals surface area contributed by atoms with Crippen LogP contribution in [0.25, 0.3) is 0 Å². The molecule has 0 amide bonds. The van der Waals surface area contributed by atoms with Crippen LogP contribution >= 0.6 is 0 Å². The van der Waals surface area contributed by atoms with Gasteiger partial charge in [0.25, 0.3) is 0 Å². The van der Waals surface area contributed by atoms with Crippen molar-refractivity contribution in [3.63, 3.8) is 0 Å². The Morgan fingerprint density at radius 2 is 0.968 bits per heavy atom. The van der Waals surface area contributed by atoms with Gasteiger partial charge in [0.05, 0.1) is 48.8 Å². The summed E-state index contributed by atoms with van der Waals surface area (Å²) in [4.78, 5) is 0. The fraction of sp³-hybridized carbons (Fsp3) is 0.478. The molecule has 2 aromatic carbocycles. The van der Waals surface area contributed by atoms with E-state index < -0.39 is 11.6 Å². The standard InChI is InChI=1S/C23H34N2O6/c1-23(22(24)25,12-14-8-10-16(26-2)20(30-6)18(14)28-4)13-15-9-11-17(27-3)21(31-7)19(15)29-5/h8-11,22H,12-13,24-25H2,1-7H3. The summed E-state index contributed by atoms with van der Waals surface area (Å²) in [6.45, 7) is 2.03. The third-order valence-corrected chi connectivity index (χ3v) is 5.56. The summed E-state index contributed by atoms with van der Waals surface area (Å²) in [5, 5.41) is 0. The van der Waals surface area contributed by atoms with Gasteiger partial charge in [0.15, 0.2) is 23.0 Å². The predicted molar refractivity (Wildman–Crippen MR) is 120 cm³/mol. The Morgan fingerprint density at radius 1 is 0.613 bits per heavy atom.